The molecule has 1 aliphatic carbocycles. The van der Waals surface area contributed by atoms with Crippen LogP contribution in [0.4, 0.5) is 0 Å². The van der Waals surface area contributed by atoms with Gasteiger partial charge in [0.05, 0.1) is 6.04 Å². The second kappa shape index (κ2) is 6.39. The minimum Gasteiger partial charge on any atom is -0.360 e. The predicted molar refractivity (Wildman–Crippen MR) is 81.0 cm³/mol. The van der Waals surface area contributed by atoms with Crippen molar-refractivity contribution < 1.29 is 0 Å². The van der Waals surface area contributed by atoms with E-state index in [0.29, 0.717) is 6.04 Å². The molecule has 2 rings (SSSR count). The fourth-order valence-corrected chi connectivity index (χ4v) is 3.04. The van der Waals surface area contributed by atoms with Crippen LogP contribution in [0.5, 0.6) is 0 Å². The Hall–Kier alpha value is -0.800. The Kier molecular flexibility index (Phi) is 4.84. The first kappa shape index (κ1) is 13.6. The van der Waals surface area contributed by atoms with E-state index in [1.54, 1.807) is 0 Å². The standard InChI is InChI=1S/C14H19ClN2S/c1-10(12-8-4-5-9-13(12)15)16-14(18)17-11-6-2-3-7-11/h4-5,8-11H,2-3,6-7H2,1H3,(H2,16,17,18). The van der Waals surface area contributed by atoms with Crippen molar-refractivity contribution in [2.45, 2.75) is 44.7 Å². The van der Waals surface area contributed by atoms with Gasteiger partial charge in [0, 0.05) is 11.1 Å². The van der Waals surface area contributed by atoms with Gasteiger partial charge in [-0.3, -0.25) is 0 Å². The highest BCUT2D eigenvalue weighted by molar-refractivity contribution is 7.80. The van der Waals surface area contributed by atoms with Gasteiger partial charge in [-0.15, -0.1) is 0 Å². The largest absolute Gasteiger partial charge is 0.360 e. The maximum Gasteiger partial charge on any atom is 0.166 e. The molecule has 18 heavy (non-hydrogen) atoms. The van der Waals surface area contributed by atoms with Gasteiger partial charge in [0.15, 0.2) is 5.11 Å². The summed E-state index contributed by atoms with van der Waals surface area (Å²) < 4.78 is 0. The van der Waals surface area contributed by atoms with Crippen LogP contribution in [-0.2, 0) is 0 Å². The van der Waals surface area contributed by atoms with E-state index in [1.807, 2.05) is 24.3 Å². The molecule has 1 aromatic rings. The Balaban J connectivity index is 1.88. The minimum atomic E-state index is 0.125. The summed E-state index contributed by atoms with van der Waals surface area (Å²) in [5.74, 6) is 0. The lowest BCUT2D eigenvalue weighted by Gasteiger charge is -2.21. The molecule has 1 aliphatic rings. The second-order valence-electron chi connectivity index (χ2n) is 4.84. The molecule has 1 saturated carbocycles. The first-order chi connectivity index (χ1) is 8.66. The van der Waals surface area contributed by atoms with Gasteiger partial charge in [-0.2, -0.15) is 0 Å². The van der Waals surface area contributed by atoms with Gasteiger partial charge in [-0.05, 0) is 43.6 Å². The van der Waals surface area contributed by atoms with Crippen LogP contribution in [0.3, 0.4) is 0 Å². The van der Waals surface area contributed by atoms with Crippen molar-refractivity contribution in [2.24, 2.45) is 0 Å². The summed E-state index contributed by atoms with van der Waals surface area (Å²) >= 11 is 11.5. The van der Waals surface area contributed by atoms with Crippen molar-refractivity contribution in [2.75, 3.05) is 0 Å². The third-order valence-electron chi connectivity index (χ3n) is 3.41. The maximum atomic E-state index is 6.17. The molecule has 1 unspecified atom stereocenters. The van der Waals surface area contributed by atoms with Crippen LogP contribution < -0.4 is 10.6 Å². The normalized spacial score (nSPS) is 17.4. The Morgan fingerprint density at radius 1 is 1.33 bits per heavy atom. The molecule has 0 heterocycles. The van der Waals surface area contributed by atoms with Crippen LogP contribution in [0, 0.1) is 0 Å². The summed E-state index contributed by atoms with van der Waals surface area (Å²) in [6, 6.07) is 8.53. The first-order valence-electron chi connectivity index (χ1n) is 6.48. The molecule has 0 aliphatic heterocycles. The molecule has 1 fully saturated rings. The number of thiocarbonyl (C=S) groups is 1. The summed E-state index contributed by atoms with van der Waals surface area (Å²) in [5, 5.41) is 8.19. The Bertz CT molecular complexity index is 416. The minimum absolute atomic E-state index is 0.125. The first-order valence-corrected chi connectivity index (χ1v) is 7.27. The highest BCUT2D eigenvalue weighted by Crippen LogP contribution is 2.22. The summed E-state index contributed by atoms with van der Waals surface area (Å²) in [7, 11) is 0. The van der Waals surface area contributed by atoms with Crippen molar-refractivity contribution >= 4 is 28.9 Å². The average molecular weight is 283 g/mol. The van der Waals surface area contributed by atoms with E-state index in [9.17, 15) is 0 Å². The average Bonchev–Trinajstić information content (AvgIpc) is 2.82. The zero-order chi connectivity index (χ0) is 13.0. The number of benzene rings is 1. The Morgan fingerprint density at radius 2 is 2.00 bits per heavy atom. The maximum absolute atomic E-state index is 6.17. The zero-order valence-corrected chi connectivity index (χ0v) is 12.2. The number of rotatable bonds is 3. The monoisotopic (exact) mass is 282 g/mol. The molecule has 2 N–H and O–H groups in total. The number of hydrogen-bond acceptors (Lipinski definition) is 1. The van der Waals surface area contributed by atoms with Crippen molar-refractivity contribution in [3.05, 3.63) is 34.9 Å². The van der Waals surface area contributed by atoms with Crippen LogP contribution in [-0.4, -0.2) is 11.2 Å². The van der Waals surface area contributed by atoms with Crippen LogP contribution in [0.2, 0.25) is 5.02 Å². The SMILES string of the molecule is CC(NC(=S)NC1CCCC1)c1ccccc1Cl. The zero-order valence-electron chi connectivity index (χ0n) is 10.6. The van der Waals surface area contributed by atoms with Crippen LogP contribution >= 0.6 is 23.8 Å². The Morgan fingerprint density at radius 3 is 2.67 bits per heavy atom. The van der Waals surface area contributed by atoms with Crippen LogP contribution in [0.25, 0.3) is 0 Å². The fourth-order valence-electron chi connectivity index (χ4n) is 2.40. The predicted octanol–water partition coefficient (Wildman–Crippen LogP) is 3.81. The van der Waals surface area contributed by atoms with E-state index in [4.69, 9.17) is 23.8 Å². The third-order valence-corrected chi connectivity index (χ3v) is 3.99. The molecule has 0 saturated heterocycles. The highest BCUT2D eigenvalue weighted by Gasteiger charge is 2.17. The lowest BCUT2D eigenvalue weighted by Crippen LogP contribution is -2.41. The number of halogens is 1. The van der Waals surface area contributed by atoms with Crippen LogP contribution in [0.15, 0.2) is 24.3 Å². The molecule has 1 atom stereocenters. The molecule has 0 bridgehead atoms. The summed E-state index contributed by atoms with van der Waals surface area (Å²) in [6.07, 6.45) is 5.06. The van der Waals surface area contributed by atoms with Crippen molar-refractivity contribution in [3.8, 4) is 0 Å². The molecule has 0 aromatic heterocycles. The smallest absolute Gasteiger partial charge is 0.166 e. The molecule has 1 aromatic carbocycles. The number of nitrogens with one attached hydrogen (secondary N) is 2. The molecule has 0 amide bonds. The molecule has 2 nitrogen and oxygen atoms in total. The summed E-state index contributed by atoms with van der Waals surface area (Å²) in [5.41, 5.74) is 1.08. The van der Waals surface area contributed by atoms with Gasteiger partial charge in [0.1, 0.15) is 0 Å². The molecule has 98 valence electrons. The van der Waals surface area contributed by atoms with Gasteiger partial charge in [-0.25, -0.2) is 0 Å². The molecule has 0 radical (unpaired) electrons. The third kappa shape index (κ3) is 3.59. The quantitative estimate of drug-likeness (QED) is 0.825. The topological polar surface area (TPSA) is 24.1 Å². The summed E-state index contributed by atoms with van der Waals surface area (Å²) in [6.45, 7) is 2.07. The molecular weight excluding hydrogens is 264 g/mol. The van der Waals surface area contributed by atoms with E-state index < -0.39 is 0 Å². The van der Waals surface area contributed by atoms with E-state index >= 15 is 0 Å². The van der Waals surface area contributed by atoms with Gasteiger partial charge < -0.3 is 10.6 Å². The number of hydrogen-bond donors (Lipinski definition) is 2. The highest BCUT2D eigenvalue weighted by atomic mass is 35.5. The second-order valence-corrected chi connectivity index (χ2v) is 5.66. The van der Waals surface area contributed by atoms with E-state index in [1.165, 1.54) is 25.7 Å². The van der Waals surface area contributed by atoms with Gasteiger partial charge >= 0.3 is 0 Å². The van der Waals surface area contributed by atoms with Crippen molar-refractivity contribution in [3.63, 3.8) is 0 Å². The molecule has 0 spiro atoms. The van der Waals surface area contributed by atoms with E-state index in [2.05, 4.69) is 17.6 Å². The van der Waals surface area contributed by atoms with Crippen LogP contribution in [0.1, 0.15) is 44.2 Å². The molecule has 4 heteroatoms. The molecular formula is C14H19ClN2S. The van der Waals surface area contributed by atoms with Gasteiger partial charge in [0.2, 0.25) is 0 Å². The van der Waals surface area contributed by atoms with Gasteiger partial charge in [-0.1, -0.05) is 42.6 Å². The fraction of sp³-hybridized carbons (Fsp3) is 0.500. The van der Waals surface area contributed by atoms with Crippen molar-refractivity contribution in [1.29, 1.82) is 0 Å². The van der Waals surface area contributed by atoms with E-state index in [-0.39, 0.29) is 6.04 Å². The Labute approximate surface area is 119 Å². The van der Waals surface area contributed by atoms with Crippen molar-refractivity contribution in [1.82, 2.24) is 10.6 Å². The summed E-state index contributed by atoms with van der Waals surface area (Å²) in [4.78, 5) is 0. The lowest BCUT2D eigenvalue weighted by molar-refractivity contribution is 0.606. The van der Waals surface area contributed by atoms with E-state index in [0.717, 1.165) is 15.7 Å². The lowest BCUT2D eigenvalue weighted by atomic mass is 10.1. The van der Waals surface area contributed by atoms with Gasteiger partial charge in [0.25, 0.3) is 0 Å².